The lowest BCUT2D eigenvalue weighted by Gasteiger charge is -1.96. The molecule has 2 rings (SSSR count). The number of hydrogen-bond acceptors (Lipinski definition) is 2. The van der Waals surface area contributed by atoms with Crippen molar-refractivity contribution in [1.29, 1.82) is 0 Å². The first-order chi connectivity index (χ1) is 9.67. The van der Waals surface area contributed by atoms with Crippen molar-refractivity contribution < 1.29 is 14.2 Å². The molecule has 20 heavy (non-hydrogen) atoms. The van der Waals surface area contributed by atoms with Gasteiger partial charge in [-0.3, -0.25) is 9.59 Å². The van der Waals surface area contributed by atoms with Crippen LogP contribution in [0.2, 0.25) is 0 Å². The van der Waals surface area contributed by atoms with E-state index in [4.69, 9.17) is 5.73 Å². The number of aldehydes is 1. The number of carbonyl (C=O) groups is 2. The van der Waals surface area contributed by atoms with Gasteiger partial charge in [0.05, 0.1) is 0 Å². The topological polar surface area (TPSA) is 64.0 Å². The van der Waals surface area contributed by atoms with Crippen LogP contribution in [0.15, 0.2) is 48.8 Å². The zero-order chi connectivity index (χ0) is 14.4. The molecule has 1 amide bonds. The fraction of sp³-hybridized carbons (Fsp3) is 0.0625. The van der Waals surface area contributed by atoms with E-state index in [-0.39, 0.29) is 12.5 Å². The lowest BCUT2D eigenvalue weighted by Crippen LogP contribution is -2.39. The van der Waals surface area contributed by atoms with E-state index in [9.17, 15) is 9.59 Å². The van der Waals surface area contributed by atoms with Gasteiger partial charge in [0, 0.05) is 17.7 Å². The van der Waals surface area contributed by atoms with Gasteiger partial charge >= 0.3 is 0 Å². The molecule has 1 heterocycles. The molecule has 100 valence electrons. The van der Waals surface area contributed by atoms with Crippen molar-refractivity contribution in [3.63, 3.8) is 0 Å². The van der Waals surface area contributed by atoms with Gasteiger partial charge in [-0.2, -0.15) is 4.57 Å². The van der Waals surface area contributed by atoms with Crippen LogP contribution in [0, 0.1) is 0 Å². The average Bonchev–Trinajstić information content (AvgIpc) is 2.46. The summed E-state index contributed by atoms with van der Waals surface area (Å²) in [5.41, 5.74) is 7.82. The molecule has 0 aliphatic carbocycles. The minimum absolute atomic E-state index is 0.178. The fourth-order valence-electron chi connectivity index (χ4n) is 1.74. The highest BCUT2D eigenvalue weighted by Crippen LogP contribution is 2.08. The van der Waals surface area contributed by atoms with E-state index < -0.39 is 0 Å². The summed E-state index contributed by atoms with van der Waals surface area (Å²) in [6.07, 6.45) is 8.36. The second-order valence-electron chi connectivity index (χ2n) is 4.39. The summed E-state index contributed by atoms with van der Waals surface area (Å²) >= 11 is 0. The Morgan fingerprint density at radius 1 is 0.950 bits per heavy atom. The van der Waals surface area contributed by atoms with Crippen LogP contribution in [0.25, 0.3) is 12.2 Å². The quantitative estimate of drug-likeness (QED) is 0.658. The molecule has 0 aliphatic rings. The summed E-state index contributed by atoms with van der Waals surface area (Å²) < 4.78 is 1.72. The van der Waals surface area contributed by atoms with Gasteiger partial charge in [-0.05, 0) is 11.1 Å². The molecule has 0 aliphatic heterocycles. The third kappa shape index (κ3) is 3.88. The van der Waals surface area contributed by atoms with Crippen LogP contribution in [-0.2, 0) is 11.3 Å². The summed E-state index contributed by atoms with van der Waals surface area (Å²) in [5, 5.41) is 0. The molecular weight excluding hydrogens is 252 g/mol. The van der Waals surface area contributed by atoms with Gasteiger partial charge in [-0.1, -0.05) is 36.4 Å². The number of aromatic nitrogens is 1. The number of amides is 1. The van der Waals surface area contributed by atoms with E-state index in [1.54, 1.807) is 29.1 Å². The van der Waals surface area contributed by atoms with Gasteiger partial charge in [0.1, 0.15) is 6.29 Å². The molecule has 1 aromatic heterocycles. The summed E-state index contributed by atoms with van der Waals surface area (Å²) in [6, 6.07) is 11.1. The highest BCUT2D eigenvalue weighted by atomic mass is 16.1. The number of primary amides is 1. The van der Waals surface area contributed by atoms with Gasteiger partial charge in [0.2, 0.25) is 6.54 Å². The molecule has 0 fully saturated rings. The summed E-state index contributed by atoms with van der Waals surface area (Å²) in [4.78, 5) is 21.3. The van der Waals surface area contributed by atoms with Crippen molar-refractivity contribution in [3.8, 4) is 0 Å². The molecule has 0 bridgehead atoms. The van der Waals surface area contributed by atoms with Crippen LogP contribution in [0.5, 0.6) is 0 Å². The van der Waals surface area contributed by atoms with Crippen molar-refractivity contribution >= 4 is 24.3 Å². The molecule has 0 saturated carbocycles. The average molecular weight is 267 g/mol. The molecule has 0 unspecified atom stereocenters. The van der Waals surface area contributed by atoms with Crippen molar-refractivity contribution in [2.75, 3.05) is 0 Å². The predicted molar refractivity (Wildman–Crippen MR) is 76.6 cm³/mol. The van der Waals surface area contributed by atoms with E-state index in [2.05, 4.69) is 0 Å². The van der Waals surface area contributed by atoms with Crippen molar-refractivity contribution in [3.05, 3.63) is 65.5 Å². The lowest BCUT2D eigenvalue weighted by molar-refractivity contribution is -0.684. The Kier molecular flexibility index (Phi) is 4.39. The van der Waals surface area contributed by atoms with Crippen LogP contribution >= 0.6 is 0 Å². The zero-order valence-electron chi connectivity index (χ0n) is 10.9. The van der Waals surface area contributed by atoms with Crippen LogP contribution in [0.4, 0.5) is 0 Å². The number of carbonyl (C=O) groups excluding carboxylic acids is 2. The van der Waals surface area contributed by atoms with Crippen LogP contribution in [0.3, 0.4) is 0 Å². The summed E-state index contributed by atoms with van der Waals surface area (Å²) in [5.74, 6) is -0.367. The molecular formula is C16H15N2O2+. The molecule has 2 aromatic rings. The van der Waals surface area contributed by atoms with Gasteiger partial charge in [-0.25, -0.2) is 0 Å². The number of nitrogens with two attached hydrogens (primary N) is 1. The first-order valence-electron chi connectivity index (χ1n) is 6.18. The van der Waals surface area contributed by atoms with Gasteiger partial charge in [0.25, 0.3) is 5.91 Å². The standard InChI is InChI=1S/C16H14N2O2/c17-16(20)11-18-9-7-14(8-10-18)2-1-13-3-5-15(12-19)6-4-13/h1-10,12H,11H2,(H-,17,20)/p+1. The summed E-state index contributed by atoms with van der Waals surface area (Å²) in [6.45, 7) is 0.178. The monoisotopic (exact) mass is 267 g/mol. The Balaban J connectivity index is 2.06. The predicted octanol–water partition coefficient (Wildman–Crippen LogP) is 1.44. The third-order valence-electron chi connectivity index (χ3n) is 2.80. The van der Waals surface area contributed by atoms with E-state index >= 15 is 0 Å². The van der Waals surface area contributed by atoms with E-state index in [1.807, 2.05) is 36.4 Å². The number of pyridine rings is 1. The Morgan fingerprint density at radius 3 is 1.95 bits per heavy atom. The Morgan fingerprint density at radius 2 is 1.45 bits per heavy atom. The number of hydrogen-bond donors (Lipinski definition) is 1. The molecule has 0 spiro atoms. The maximum Gasteiger partial charge on any atom is 0.283 e. The fourth-order valence-corrected chi connectivity index (χ4v) is 1.74. The smallest absolute Gasteiger partial charge is 0.283 e. The largest absolute Gasteiger partial charge is 0.364 e. The Labute approximate surface area is 117 Å². The Bertz CT molecular complexity index is 629. The second kappa shape index (κ2) is 6.43. The van der Waals surface area contributed by atoms with Gasteiger partial charge in [-0.15, -0.1) is 0 Å². The maximum atomic E-state index is 10.8. The summed E-state index contributed by atoms with van der Waals surface area (Å²) in [7, 11) is 0. The second-order valence-corrected chi connectivity index (χ2v) is 4.39. The zero-order valence-corrected chi connectivity index (χ0v) is 10.9. The van der Waals surface area contributed by atoms with Gasteiger partial charge < -0.3 is 5.73 Å². The SMILES string of the molecule is NC(=O)C[n+]1ccc(C=Cc2ccc(C=O)cc2)cc1. The number of benzene rings is 1. The molecule has 0 radical (unpaired) electrons. The van der Waals surface area contributed by atoms with Crippen LogP contribution < -0.4 is 10.3 Å². The molecule has 1 aromatic carbocycles. The van der Waals surface area contributed by atoms with Crippen molar-refractivity contribution in [2.24, 2.45) is 5.73 Å². The minimum Gasteiger partial charge on any atom is -0.364 e. The molecule has 0 atom stereocenters. The molecule has 4 heteroatoms. The van der Waals surface area contributed by atoms with E-state index in [0.29, 0.717) is 5.56 Å². The van der Waals surface area contributed by atoms with Gasteiger partial charge in [0.15, 0.2) is 12.4 Å². The highest BCUT2D eigenvalue weighted by molar-refractivity contribution is 5.76. The van der Waals surface area contributed by atoms with Crippen LogP contribution in [0.1, 0.15) is 21.5 Å². The van der Waals surface area contributed by atoms with Crippen molar-refractivity contribution in [1.82, 2.24) is 0 Å². The van der Waals surface area contributed by atoms with E-state index in [1.165, 1.54) is 0 Å². The highest BCUT2D eigenvalue weighted by Gasteiger charge is 2.03. The molecule has 0 saturated heterocycles. The maximum absolute atomic E-state index is 10.8. The normalized spacial score (nSPS) is 10.6. The molecule has 4 nitrogen and oxygen atoms in total. The van der Waals surface area contributed by atoms with Crippen molar-refractivity contribution in [2.45, 2.75) is 6.54 Å². The lowest BCUT2D eigenvalue weighted by atomic mass is 10.1. The first kappa shape index (κ1) is 13.7. The van der Waals surface area contributed by atoms with Crippen LogP contribution in [-0.4, -0.2) is 12.2 Å². The molecule has 2 N–H and O–H groups in total. The number of nitrogens with zero attached hydrogens (tertiary/aromatic N) is 1. The minimum atomic E-state index is -0.367. The Hall–Kier alpha value is -2.75. The van der Waals surface area contributed by atoms with E-state index in [0.717, 1.165) is 17.4 Å². The first-order valence-corrected chi connectivity index (χ1v) is 6.18. The third-order valence-corrected chi connectivity index (χ3v) is 2.80. The number of rotatable bonds is 5.